The van der Waals surface area contributed by atoms with Crippen molar-refractivity contribution in [1.82, 2.24) is 35.2 Å². The number of aromatic amines is 1. The van der Waals surface area contributed by atoms with E-state index in [-0.39, 0.29) is 5.78 Å². The summed E-state index contributed by atoms with van der Waals surface area (Å²) in [7, 11) is 0. The molecule has 0 amide bonds. The zero-order chi connectivity index (χ0) is 21.2. The molecule has 0 bridgehead atoms. The smallest absolute Gasteiger partial charge is 0.193 e. The number of hydrogen-bond acceptors (Lipinski definition) is 7. The molecule has 0 fully saturated rings. The number of H-pyrrole nitrogens is 1. The summed E-state index contributed by atoms with van der Waals surface area (Å²) in [6, 6.07) is 18.6. The lowest BCUT2D eigenvalue weighted by Crippen LogP contribution is -2.07. The van der Waals surface area contributed by atoms with Gasteiger partial charge in [-0.25, -0.2) is 10.1 Å². The van der Waals surface area contributed by atoms with E-state index in [9.17, 15) is 4.79 Å². The summed E-state index contributed by atoms with van der Waals surface area (Å²) in [6.07, 6.45) is 1.72. The molecule has 3 aromatic heterocycles. The first-order valence-corrected chi connectivity index (χ1v) is 9.71. The van der Waals surface area contributed by atoms with Gasteiger partial charge in [-0.1, -0.05) is 48.5 Å². The van der Waals surface area contributed by atoms with Gasteiger partial charge in [-0.3, -0.25) is 4.79 Å². The van der Waals surface area contributed by atoms with Crippen LogP contribution in [0, 0.1) is 6.92 Å². The predicted octanol–water partition coefficient (Wildman–Crippen LogP) is 3.06. The number of nitrogens with zero attached hydrogens (tertiary/aromatic N) is 6. The summed E-state index contributed by atoms with van der Waals surface area (Å²) in [4.78, 5) is 17.5. The van der Waals surface area contributed by atoms with Crippen LogP contribution in [0.15, 0.2) is 66.9 Å². The summed E-state index contributed by atoms with van der Waals surface area (Å²) in [5.74, 6) is 1.24. The number of carbonyl (C=O) groups is 1. The molecule has 5 aromatic rings. The van der Waals surface area contributed by atoms with Crippen LogP contribution in [-0.4, -0.2) is 41.0 Å². The second-order valence-electron chi connectivity index (χ2n) is 7.06. The van der Waals surface area contributed by atoms with E-state index < -0.39 is 0 Å². The van der Waals surface area contributed by atoms with Crippen LogP contribution in [-0.2, 0) is 6.54 Å². The highest BCUT2D eigenvalue weighted by Gasteiger charge is 2.16. The highest BCUT2D eigenvalue weighted by atomic mass is 16.1. The Balaban J connectivity index is 1.35. The minimum absolute atomic E-state index is 0.0884. The predicted molar refractivity (Wildman–Crippen MR) is 115 cm³/mol. The lowest BCUT2D eigenvalue weighted by Gasteiger charge is -2.10. The van der Waals surface area contributed by atoms with Gasteiger partial charge in [-0.2, -0.15) is 9.61 Å². The molecular formula is C22H18N8O. The van der Waals surface area contributed by atoms with Gasteiger partial charge < -0.3 is 5.32 Å². The first kappa shape index (κ1) is 18.6. The number of rotatable bonds is 6. The first-order chi connectivity index (χ1) is 15.2. The molecule has 5 rings (SSSR count). The molecule has 152 valence electrons. The van der Waals surface area contributed by atoms with E-state index in [0.29, 0.717) is 29.1 Å². The maximum Gasteiger partial charge on any atom is 0.193 e. The van der Waals surface area contributed by atoms with Crippen molar-refractivity contribution in [3.05, 3.63) is 89.2 Å². The molecule has 2 N–H and O–H groups in total. The molecule has 2 aromatic carbocycles. The summed E-state index contributed by atoms with van der Waals surface area (Å²) >= 11 is 0. The van der Waals surface area contributed by atoms with Crippen LogP contribution in [0.4, 0.5) is 5.82 Å². The van der Waals surface area contributed by atoms with Crippen molar-refractivity contribution in [2.24, 2.45) is 0 Å². The number of aromatic nitrogens is 7. The van der Waals surface area contributed by atoms with E-state index in [1.54, 1.807) is 16.8 Å². The van der Waals surface area contributed by atoms with Gasteiger partial charge in [0, 0.05) is 41.1 Å². The van der Waals surface area contributed by atoms with Crippen LogP contribution >= 0.6 is 0 Å². The lowest BCUT2D eigenvalue weighted by molar-refractivity contribution is 0.103. The molecule has 0 aliphatic carbocycles. The van der Waals surface area contributed by atoms with Crippen LogP contribution in [0.5, 0.6) is 0 Å². The maximum atomic E-state index is 13.1. The Kier molecular flexibility index (Phi) is 4.68. The second kappa shape index (κ2) is 7.79. The van der Waals surface area contributed by atoms with Crippen molar-refractivity contribution in [2.75, 3.05) is 5.32 Å². The molecular weight excluding hydrogens is 392 g/mol. The maximum absolute atomic E-state index is 13.1. The highest BCUT2D eigenvalue weighted by Crippen LogP contribution is 2.22. The third-order valence-corrected chi connectivity index (χ3v) is 4.95. The van der Waals surface area contributed by atoms with Crippen molar-refractivity contribution in [3.63, 3.8) is 0 Å². The summed E-state index contributed by atoms with van der Waals surface area (Å²) in [5, 5.41) is 21.5. The number of tetrazole rings is 1. The summed E-state index contributed by atoms with van der Waals surface area (Å²) in [5.41, 5.74) is 4.55. The van der Waals surface area contributed by atoms with Gasteiger partial charge in [0.15, 0.2) is 17.3 Å². The molecule has 0 radical (unpaired) electrons. The Morgan fingerprint density at radius 2 is 1.94 bits per heavy atom. The highest BCUT2D eigenvalue weighted by molar-refractivity contribution is 6.12. The van der Waals surface area contributed by atoms with Gasteiger partial charge in [0.05, 0.1) is 6.20 Å². The van der Waals surface area contributed by atoms with Gasteiger partial charge in [0.2, 0.25) is 0 Å². The quantitative estimate of drug-likeness (QED) is 0.414. The Labute approximate surface area is 177 Å². The van der Waals surface area contributed by atoms with Gasteiger partial charge in [-0.05, 0) is 22.9 Å². The first-order valence-electron chi connectivity index (χ1n) is 9.71. The van der Waals surface area contributed by atoms with Crippen molar-refractivity contribution < 1.29 is 4.79 Å². The van der Waals surface area contributed by atoms with E-state index in [4.69, 9.17) is 0 Å². The topological polar surface area (TPSA) is 114 Å². The number of fused-ring (bicyclic) bond motifs is 1. The average molecular weight is 410 g/mol. The van der Waals surface area contributed by atoms with Gasteiger partial charge >= 0.3 is 0 Å². The Morgan fingerprint density at radius 3 is 2.74 bits per heavy atom. The van der Waals surface area contributed by atoms with Gasteiger partial charge in [0.25, 0.3) is 0 Å². The second-order valence-corrected chi connectivity index (χ2v) is 7.06. The average Bonchev–Trinajstić information content (AvgIpc) is 3.49. The minimum atomic E-state index is -0.0884. The fraction of sp³-hybridized carbons (Fsp3) is 0.0909. The van der Waals surface area contributed by atoms with E-state index in [1.165, 1.54) is 0 Å². The Hall–Kier alpha value is -4.40. The Morgan fingerprint density at radius 1 is 1.10 bits per heavy atom. The molecule has 0 aliphatic rings. The fourth-order valence-electron chi connectivity index (χ4n) is 3.45. The van der Waals surface area contributed by atoms with E-state index in [2.05, 4.69) is 36.0 Å². The number of benzene rings is 2. The number of nitrogens with one attached hydrogen (secondary N) is 2. The summed E-state index contributed by atoms with van der Waals surface area (Å²) in [6.45, 7) is 2.54. The third kappa shape index (κ3) is 3.64. The molecule has 31 heavy (non-hydrogen) atoms. The SMILES string of the molecule is Cc1cc(NCc2ccc(C(=O)c3ccccc3-c3nnn[nH]3)cc2)n2nccc2n1. The zero-order valence-electron chi connectivity index (χ0n) is 16.6. The van der Waals surface area contributed by atoms with Crippen molar-refractivity contribution in [2.45, 2.75) is 13.5 Å². The number of hydrogen-bond donors (Lipinski definition) is 2. The Bertz CT molecular complexity index is 1360. The standard InChI is InChI=1S/C22H18N8O/c1-14-12-20(30-19(25-14)10-11-24-30)23-13-15-6-8-16(9-7-15)21(31)17-4-2-3-5-18(17)22-26-28-29-27-22/h2-12,23H,13H2,1H3,(H,26,27,28,29). The number of aryl methyl sites for hydroxylation is 1. The largest absolute Gasteiger partial charge is 0.366 e. The van der Waals surface area contributed by atoms with Crippen LogP contribution < -0.4 is 5.32 Å². The molecule has 0 saturated carbocycles. The fourth-order valence-corrected chi connectivity index (χ4v) is 3.45. The van der Waals surface area contributed by atoms with Gasteiger partial charge in [-0.15, -0.1) is 5.10 Å². The molecule has 3 heterocycles. The van der Waals surface area contributed by atoms with Crippen LogP contribution in [0.25, 0.3) is 17.0 Å². The molecule has 0 unspecified atom stereocenters. The van der Waals surface area contributed by atoms with Crippen LogP contribution in [0.1, 0.15) is 27.2 Å². The monoisotopic (exact) mass is 410 g/mol. The van der Waals surface area contributed by atoms with E-state index in [1.807, 2.05) is 61.5 Å². The van der Waals surface area contributed by atoms with Gasteiger partial charge in [0.1, 0.15) is 5.82 Å². The summed E-state index contributed by atoms with van der Waals surface area (Å²) < 4.78 is 1.76. The van der Waals surface area contributed by atoms with Crippen molar-refractivity contribution >= 4 is 17.2 Å². The van der Waals surface area contributed by atoms with Crippen molar-refractivity contribution in [3.8, 4) is 11.4 Å². The normalized spacial score (nSPS) is 11.0. The molecule has 0 aliphatic heterocycles. The number of carbonyl (C=O) groups excluding carboxylic acids is 1. The molecule has 9 nitrogen and oxygen atoms in total. The lowest BCUT2D eigenvalue weighted by atomic mass is 9.97. The minimum Gasteiger partial charge on any atom is -0.366 e. The number of ketones is 1. The molecule has 9 heteroatoms. The molecule has 0 saturated heterocycles. The zero-order valence-corrected chi connectivity index (χ0v) is 16.6. The third-order valence-electron chi connectivity index (χ3n) is 4.95. The van der Waals surface area contributed by atoms with Crippen LogP contribution in [0.3, 0.4) is 0 Å². The van der Waals surface area contributed by atoms with Crippen LogP contribution in [0.2, 0.25) is 0 Å². The van der Waals surface area contributed by atoms with E-state index >= 15 is 0 Å². The number of anilines is 1. The van der Waals surface area contributed by atoms with E-state index in [0.717, 1.165) is 22.7 Å². The molecule has 0 atom stereocenters. The van der Waals surface area contributed by atoms with Crippen molar-refractivity contribution in [1.29, 1.82) is 0 Å². The molecule has 0 spiro atoms.